The minimum absolute atomic E-state index is 0.0803. The van der Waals surface area contributed by atoms with Gasteiger partial charge in [-0.1, -0.05) is 36.4 Å². The first-order valence-corrected chi connectivity index (χ1v) is 12.2. The van der Waals surface area contributed by atoms with Gasteiger partial charge in [0.2, 0.25) is 0 Å². The molecule has 0 bridgehead atoms. The Morgan fingerprint density at radius 2 is 1.20 bits per heavy atom. The van der Waals surface area contributed by atoms with Crippen LogP contribution in [0.15, 0.2) is 72.8 Å². The highest BCUT2D eigenvalue weighted by Crippen LogP contribution is 2.38. The van der Waals surface area contributed by atoms with E-state index in [9.17, 15) is 18.4 Å². The average molecular weight is 475 g/mol. The zero-order chi connectivity index (χ0) is 24.4. The Hall–Kier alpha value is -3.38. The average Bonchev–Trinajstić information content (AvgIpc) is 3.12. The van der Waals surface area contributed by atoms with Gasteiger partial charge in [-0.2, -0.15) is 0 Å². The molecule has 1 saturated heterocycles. The topological polar surface area (TPSA) is 40.6 Å². The molecule has 2 aliphatic heterocycles. The van der Waals surface area contributed by atoms with E-state index in [4.69, 9.17) is 0 Å². The van der Waals surface area contributed by atoms with E-state index in [1.165, 1.54) is 29.2 Å². The van der Waals surface area contributed by atoms with Crippen molar-refractivity contribution in [3.05, 3.63) is 107 Å². The van der Waals surface area contributed by atoms with Crippen LogP contribution in [0.25, 0.3) is 0 Å². The predicted octanol–water partition coefficient (Wildman–Crippen LogP) is 5.50. The summed E-state index contributed by atoms with van der Waals surface area (Å²) in [6.45, 7) is 3.05. The van der Waals surface area contributed by atoms with Gasteiger partial charge < -0.3 is 4.90 Å². The third-order valence-electron chi connectivity index (χ3n) is 7.30. The number of likely N-dealkylation sites (tertiary alicyclic amines) is 1. The highest BCUT2D eigenvalue weighted by atomic mass is 19.1. The van der Waals surface area contributed by atoms with E-state index < -0.39 is 0 Å². The Kier molecular flexibility index (Phi) is 6.73. The molecule has 2 heterocycles. The summed E-state index contributed by atoms with van der Waals surface area (Å²) in [5, 5.41) is 0. The molecular formula is C29H28F2N2O2. The molecule has 0 spiro atoms. The molecule has 6 heteroatoms. The number of rotatable bonds is 7. The number of hydrogen-bond donors (Lipinski definition) is 0. The number of fused-ring (bicyclic) bond motifs is 1. The van der Waals surface area contributed by atoms with Crippen LogP contribution >= 0.6 is 0 Å². The van der Waals surface area contributed by atoms with Crippen LogP contribution in [0.3, 0.4) is 0 Å². The summed E-state index contributed by atoms with van der Waals surface area (Å²) < 4.78 is 27.1. The van der Waals surface area contributed by atoms with Crippen molar-refractivity contribution in [1.29, 1.82) is 0 Å². The van der Waals surface area contributed by atoms with Crippen LogP contribution in [0.4, 0.5) is 8.78 Å². The number of benzene rings is 3. The van der Waals surface area contributed by atoms with Crippen LogP contribution in [-0.2, 0) is 0 Å². The van der Waals surface area contributed by atoms with Crippen molar-refractivity contribution >= 4 is 11.8 Å². The molecule has 180 valence electrons. The Balaban J connectivity index is 1.19. The minimum Gasteiger partial charge on any atom is -0.303 e. The minimum atomic E-state index is -0.264. The van der Waals surface area contributed by atoms with Gasteiger partial charge in [-0.3, -0.25) is 14.5 Å². The lowest BCUT2D eigenvalue weighted by molar-refractivity contribution is 0.0644. The first kappa shape index (κ1) is 23.4. The van der Waals surface area contributed by atoms with E-state index in [-0.39, 0.29) is 29.4 Å². The van der Waals surface area contributed by atoms with E-state index in [1.807, 2.05) is 24.3 Å². The summed E-state index contributed by atoms with van der Waals surface area (Å²) in [6, 6.07) is 20.2. The standard InChI is InChI=1S/C29H28F2N2O2/c30-23-10-6-20(7-11-23)27(21-8-12-24(31)13-9-21)22-14-18-32(19-15-22)16-3-17-33-28(34)25-4-1-2-5-26(25)29(33)35/h1-2,4-13,22,27H,3,14-19H2. The van der Waals surface area contributed by atoms with E-state index in [1.54, 1.807) is 24.3 Å². The molecule has 2 amide bonds. The first-order chi connectivity index (χ1) is 17.0. The third-order valence-corrected chi connectivity index (χ3v) is 7.30. The maximum atomic E-state index is 13.6. The fourth-order valence-corrected chi connectivity index (χ4v) is 5.48. The van der Waals surface area contributed by atoms with E-state index in [2.05, 4.69) is 4.90 Å². The number of amides is 2. The van der Waals surface area contributed by atoms with Crippen LogP contribution in [-0.4, -0.2) is 47.8 Å². The third kappa shape index (κ3) is 4.89. The van der Waals surface area contributed by atoms with Crippen LogP contribution in [0.5, 0.6) is 0 Å². The van der Waals surface area contributed by atoms with Crippen LogP contribution < -0.4 is 0 Å². The summed E-state index contributed by atoms with van der Waals surface area (Å²) in [4.78, 5) is 28.9. The van der Waals surface area contributed by atoms with Gasteiger partial charge in [0.15, 0.2) is 0 Å². The van der Waals surface area contributed by atoms with Crippen molar-refractivity contribution in [2.75, 3.05) is 26.2 Å². The summed E-state index contributed by atoms with van der Waals surface area (Å²) in [7, 11) is 0. The lowest BCUT2D eigenvalue weighted by Crippen LogP contribution is -2.38. The number of piperidine rings is 1. The van der Waals surface area contributed by atoms with E-state index in [0.717, 1.165) is 50.0 Å². The van der Waals surface area contributed by atoms with Gasteiger partial charge in [0.05, 0.1) is 11.1 Å². The molecule has 0 aliphatic carbocycles. The molecule has 0 radical (unpaired) electrons. The highest BCUT2D eigenvalue weighted by Gasteiger charge is 2.35. The fourth-order valence-electron chi connectivity index (χ4n) is 5.48. The van der Waals surface area contributed by atoms with Crippen LogP contribution in [0.1, 0.15) is 57.0 Å². The number of carbonyl (C=O) groups excluding carboxylic acids is 2. The molecule has 35 heavy (non-hydrogen) atoms. The summed E-state index contributed by atoms with van der Waals surface area (Å²) >= 11 is 0. The maximum absolute atomic E-state index is 13.6. The molecule has 0 unspecified atom stereocenters. The van der Waals surface area contributed by atoms with Gasteiger partial charge in [-0.25, -0.2) is 8.78 Å². The number of carbonyl (C=O) groups is 2. The van der Waals surface area contributed by atoms with Gasteiger partial charge in [-0.05, 0) is 92.3 Å². The normalized spacial score (nSPS) is 16.8. The molecule has 1 fully saturated rings. The van der Waals surface area contributed by atoms with Gasteiger partial charge in [0.25, 0.3) is 11.8 Å². The zero-order valence-electron chi connectivity index (χ0n) is 19.5. The lowest BCUT2D eigenvalue weighted by Gasteiger charge is -2.37. The lowest BCUT2D eigenvalue weighted by atomic mass is 9.76. The highest BCUT2D eigenvalue weighted by molar-refractivity contribution is 6.21. The molecule has 0 saturated carbocycles. The van der Waals surface area contributed by atoms with Gasteiger partial charge in [-0.15, -0.1) is 0 Å². The molecule has 4 nitrogen and oxygen atoms in total. The quantitative estimate of drug-likeness (QED) is 0.425. The Labute approximate surface area is 204 Å². The van der Waals surface area contributed by atoms with E-state index >= 15 is 0 Å². The number of imide groups is 1. The summed E-state index contributed by atoms with van der Waals surface area (Å²) in [5.74, 6) is -0.495. The Morgan fingerprint density at radius 3 is 1.69 bits per heavy atom. The zero-order valence-corrected chi connectivity index (χ0v) is 19.5. The second-order valence-corrected chi connectivity index (χ2v) is 9.42. The molecule has 0 atom stereocenters. The second-order valence-electron chi connectivity index (χ2n) is 9.42. The van der Waals surface area contributed by atoms with Crippen molar-refractivity contribution < 1.29 is 18.4 Å². The Bertz CT molecular complexity index is 1120. The van der Waals surface area contributed by atoms with Crippen LogP contribution in [0, 0.1) is 17.6 Å². The molecule has 2 aliphatic rings. The van der Waals surface area contributed by atoms with Crippen molar-refractivity contribution in [1.82, 2.24) is 9.80 Å². The number of hydrogen-bond acceptors (Lipinski definition) is 3. The molecule has 3 aromatic carbocycles. The first-order valence-electron chi connectivity index (χ1n) is 12.2. The van der Waals surface area contributed by atoms with Crippen molar-refractivity contribution in [2.45, 2.75) is 25.2 Å². The monoisotopic (exact) mass is 474 g/mol. The predicted molar refractivity (Wildman–Crippen MR) is 130 cm³/mol. The van der Waals surface area contributed by atoms with Gasteiger partial charge >= 0.3 is 0 Å². The fraction of sp³-hybridized carbons (Fsp3) is 0.310. The van der Waals surface area contributed by atoms with Gasteiger partial charge in [0.1, 0.15) is 11.6 Å². The molecule has 3 aromatic rings. The van der Waals surface area contributed by atoms with Gasteiger partial charge in [0, 0.05) is 12.5 Å². The largest absolute Gasteiger partial charge is 0.303 e. The number of halogens is 2. The number of nitrogens with zero attached hydrogens (tertiary/aromatic N) is 2. The van der Waals surface area contributed by atoms with Crippen molar-refractivity contribution in [2.24, 2.45) is 5.92 Å². The summed E-state index contributed by atoms with van der Waals surface area (Å²) in [5.41, 5.74) is 3.07. The molecular weight excluding hydrogens is 446 g/mol. The second kappa shape index (κ2) is 10.1. The van der Waals surface area contributed by atoms with Crippen LogP contribution in [0.2, 0.25) is 0 Å². The van der Waals surface area contributed by atoms with Crippen molar-refractivity contribution in [3.63, 3.8) is 0 Å². The molecule has 0 aromatic heterocycles. The SMILES string of the molecule is O=C1c2ccccc2C(=O)N1CCCN1CCC(C(c2ccc(F)cc2)c2ccc(F)cc2)CC1. The van der Waals surface area contributed by atoms with E-state index in [0.29, 0.717) is 23.6 Å². The smallest absolute Gasteiger partial charge is 0.261 e. The molecule has 5 rings (SSSR count). The summed E-state index contributed by atoms with van der Waals surface area (Å²) in [6.07, 6.45) is 2.66. The Morgan fingerprint density at radius 1 is 0.714 bits per heavy atom. The van der Waals surface area contributed by atoms with Crippen molar-refractivity contribution in [3.8, 4) is 0 Å². The maximum Gasteiger partial charge on any atom is 0.261 e. The molecule has 0 N–H and O–H groups in total.